The molecular weight excluding hydrogens is 266 g/mol. The molecule has 0 fully saturated rings. The van der Waals surface area contributed by atoms with E-state index in [2.05, 4.69) is 9.72 Å². The van der Waals surface area contributed by atoms with Crippen LogP contribution in [0.4, 0.5) is 8.78 Å². The Morgan fingerprint density at radius 2 is 2.10 bits per heavy atom. The minimum absolute atomic E-state index is 0.117. The van der Waals surface area contributed by atoms with Gasteiger partial charge in [-0.2, -0.15) is 8.78 Å². The average Bonchev–Trinajstić information content (AvgIpc) is 2.73. The standard InChI is InChI=1S/C14H16F2N2O2/c1-3-20-13(19)14(15,16)12(17)11-8(2)18-10-7-5-4-6-9(10)11/h4-7,12,18H,3,17H2,1-2H3/t12-/m1/s1. The van der Waals surface area contributed by atoms with Crippen LogP contribution >= 0.6 is 0 Å². The maximum Gasteiger partial charge on any atom is 0.379 e. The number of carbonyl (C=O) groups is 1. The summed E-state index contributed by atoms with van der Waals surface area (Å²) in [5.41, 5.74) is 7.10. The molecule has 4 nitrogen and oxygen atoms in total. The second kappa shape index (κ2) is 5.20. The van der Waals surface area contributed by atoms with Gasteiger partial charge in [0.2, 0.25) is 0 Å². The summed E-state index contributed by atoms with van der Waals surface area (Å²) >= 11 is 0. The summed E-state index contributed by atoms with van der Waals surface area (Å²) in [6, 6.07) is 5.22. The molecule has 0 bridgehead atoms. The molecular formula is C14H16F2N2O2. The van der Waals surface area contributed by atoms with E-state index in [0.717, 1.165) is 0 Å². The van der Waals surface area contributed by atoms with Crippen molar-refractivity contribution in [1.29, 1.82) is 0 Å². The van der Waals surface area contributed by atoms with Crippen molar-refractivity contribution in [2.75, 3.05) is 6.61 Å². The lowest BCUT2D eigenvalue weighted by molar-refractivity contribution is -0.174. The minimum atomic E-state index is -3.77. The van der Waals surface area contributed by atoms with Crippen LogP contribution in [0.3, 0.4) is 0 Å². The van der Waals surface area contributed by atoms with E-state index in [-0.39, 0.29) is 12.2 Å². The van der Waals surface area contributed by atoms with Gasteiger partial charge in [-0.05, 0) is 19.9 Å². The zero-order chi connectivity index (χ0) is 14.9. The van der Waals surface area contributed by atoms with Gasteiger partial charge in [0.1, 0.15) is 6.04 Å². The van der Waals surface area contributed by atoms with Crippen LogP contribution in [0.5, 0.6) is 0 Å². The van der Waals surface area contributed by atoms with Crippen molar-refractivity contribution in [3.63, 3.8) is 0 Å². The molecule has 1 aromatic heterocycles. The first kappa shape index (κ1) is 14.5. The number of alkyl halides is 2. The lowest BCUT2D eigenvalue weighted by Crippen LogP contribution is -2.42. The van der Waals surface area contributed by atoms with Crippen molar-refractivity contribution in [2.45, 2.75) is 25.8 Å². The third-order valence-corrected chi connectivity index (χ3v) is 3.19. The zero-order valence-corrected chi connectivity index (χ0v) is 11.2. The van der Waals surface area contributed by atoms with Gasteiger partial charge >= 0.3 is 11.9 Å². The first-order valence-electron chi connectivity index (χ1n) is 6.27. The number of aromatic amines is 1. The molecule has 0 saturated heterocycles. The molecule has 1 heterocycles. The van der Waals surface area contributed by atoms with Gasteiger partial charge in [-0.1, -0.05) is 18.2 Å². The van der Waals surface area contributed by atoms with Crippen LogP contribution < -0.4 is 5.73 Å². The van der Waals surface area contributed by atoms with E-state index in [1.807, 2.05) is 0 Å². The Kier molecular flexibility index (Phi) is 3.76. The molecule has 0 aliphatic rings. The zero-order valence-electron chi connectivity index (χ0n) is 11.2. The van der Waals surface area contributed by atoms with Crippen molar-refractivity contribution < 1.29 is 18.3 Å². The summed E-state index contributed by atoms with van der Waals surface area (Å²) in [6.07, 6.45) is 0. The molecule has 0 saturated carbocycles. The number of aryl methyl sites for hydroxylation is 1. The molecule has 0 amide bonds. The summed E-state index contributed by atoms with van der Waals surface area (Å²) in [5.74, 6) is -5.37. The molecule has 0 radical (unpaired) electrons. The lowest BCUT2D eigenvalue weighted by atomic mass is 9.98. The maximum absolute atomic E-state index is 14.1. The molecule has 6 heteroatoms. The topological polar surface area (TPSA) is 68.1 Å². The van der Waals surface area contributed by atoms with Crippen molar-refractivity contribution in [2.24, 2.45) is 5.73 Å². The molecule has 1 aromatic carbocycles. The van der Waals surface area contributed by atoms with Crippen LogP contribution in [0.2, 0.25) is 0 Å². The number of hydrogen-bond donors (Lipinski definition) is 2. The first-order valence-corrected chi connectivity index (χ1v) is 6.27. The third-order valence-electron chi connectivity index (χ3n) is 3.19. The number of nitrogens with one attached hydrogen (secondary N) is 1. The Morgan fingerprint density at radius 1 is 1.45 bits per heavy atom. The van der Waals surface area contributed by atoms with Gasteiger partial charge < -0.3 is 15.5 Å². The van der Waals surface area contributed by atoms with Crippen LogP contribution in [0, 0.1) is 6.92 Å². The summed E-state index contributed by atoms with van der Waals surface area (Å²) in [7, 11) is 0. The number of ether oxygens (including phenoxy) is 1. The number of fused-ring (bicyclic) bond motifs is 1. The quantitative estimate of drug-likeness (QED) is 0.847. The van der Waals surface area contributed by atoms with Crippen molar-refractivity contribution in [3.05, 3.63) is 35.5 Å². The smallest absolute Gasteiger partial charge is 0.379 e. The van der Waals surface area contributed by atoms with Gasteiger partial charge in [-0.25, -0.2) is 4.79 Å². The third kappa shape index (κ3) is 2.27. The molecule has 2 rings (SSSR count). The Balaban J connectivity index is 2.48. The fourth-order valence-corrected chi connectivity index (χ4v) is 2.23. The Hall–Kier alpha value is -1.95. The van der Waals surface area contributed by atoms with E-state index in [1.165, 1.54) is 6.92 Å². The highest BCUT2D eigenvalue weighted by Crippen LogP contribution is 2.36. The fraction of sp³-hybridized carbons (Fsp3) is 0.357. The number of halogens is 2. The second-order valence-corrected chi connectivity index (χ2v) is 4.53. The number of carbonyl (C=O) groups excluding carboxylic acids is 1. The van der Waals surface area contributed by atoms with Crippen LogP contribution in [0.15, 0.2) is 24.3 Å². The van der Waals surface area contributed by atoms with Gasteiger partial charge in [0.05, 0.1) is 6.61 Å². The van der Waals surface area contributed by atoms with E-state index in [9.17, 15) is 13.6 Å². The predicted octanol–water partition coefficient (Wildman–Crippen LogP) is 2.67. The largest absolute Gasteiger partial charge is 0.462 e. The molecule has 108 valence electrons. The second-order valence-electron chi connectivity index (χ2n) is 4.53. The summed E-state index contributed by atoms with van der Waals surface area (Å²) in [6.45, 7) is 3.00. The molecule has 0 unspecified atom stereocenters. The number of H-pyrrole nitrogens is 1. The predicted molar refractivity (Wildman–Crippen MR) is 71.5 cm³/mol. The average molecular weight is 282 g/mol. The molecule has 1 atom stereocenters. The van der Waals surface area contributed by atoms with E-state index < -0.39 is 17.9 Å². The SMILES string of the molecule is CCOC(=O)C(F)(F)[C@H](N)c1c(C)[nH]c2ccccc12. The van der Waals surface area contributed by atoms with E-state index in [0.29, 0.717) is 16.6 Å². The van der Waals surface area contributed by atoms with E-state index in [4.69, 9.17) is 5.73 Å². The summed E-state index contributed by atoms with van der Waals surface area (Å²) in [5, 5.41) is 0.585. The highest BCUT2D eigenvalue weighted by Gasteiger charge is 2.49. The van der Waals surface area contributed by atoms with Crippen LogP contribution in [0.1, 0.15) is 24.2 Å². The number of hydrogen-bond acceptors (Lipinski definition) is 3. The molecule has 2 aromatic rings. The maximum atomic E-state index is 14.1. The van der Waals surface area contributed by atoms with Crippen LogP contribution in [0.25, 0.3) is 10.9 Å². The fourth-order valence-electron chi connectivity index (χ4n) is 2.23. The van der Waals surface area contributed by atoms with Gasteiger partial charge in [0.15, 0.2) is 0 Å². The Labute approximate surface area is 114 Å². The van der Waals surface area contributed by atoms with Gasteiger partial charge in [0.25, 0.3) is 0 Å². The molecule has 3 N–H and O–H groups in total. The highest BCUT2D eigenvalue weighted by atomic mass is 19.3. The molecule has 0 spiro atoms. The van der Waals surface area contributed by atoms with Gasteiger partial charge in [-0.3, -0.25) is 0 Å². The number of esters is 1. The normalized spacial score (nSPS) is 13.4. The highest BCUT2D eigenvalue weighted by molar-refractivity contribution is 5.87. The van der Waals surface area contributed by atoms with E-state index >= 15 is 0 Å². The van der Waals surface area contributed by atoms with Crippen LogP contribution in [-0.2, 0) is 9.53 Å². The van der Waals surface area contributed by atoms with Gasteiger partial charge in [0, 0.05) is 22.2 Å². The van der Waals surface area contributed by atoms with Gasteiger partial charge in [-0.15, -0.1) is 0 Å². The number of aromatic nitrogens is 1. The minimum Gasteiger partial charge on any atom is -0.462 e. The van der Waals surface area contributed by atoms with Crippen molar-refractivity contribution in [3.8, 4) is 0 Å². The number of rotatable bonds is 4. The van der Waals surface area contributed by atoms with Crippen molar-refractivity contribution in [1.82, 2.24) is 4.98 Å². The Morgan fingerprint density at radius 3 is 2.75 bits per heavy atom. The molecule has 0 aliphatic heterocycles. The van der Waals surface area contributed by atoms with Crippen molar-refractivity contribution >= 4 is 16.9 Å². The Bertz CT molecular complexity index is 637. The van der Waals surface area contributed by atoms with Crippen LogP contribution in [-0.4, -0.2) is 23.5 Å². The molecule has 20 heavy (non-hydrogen) atoms. The summed E-state index contributed by atoms with van der Waals surface area (Å²) < 4.78 is 32.5. The van der Waals surface area contributed by atoms with E-state index in [1.54, 1.807) is 31.2 Å². The lowest BCUT2D eigenvalue weighted by Gasteiger charge is -2.22. The molecule has 0 aliphatic carbocycles. The number of para-hydroxylation sites is 1. The number of benzene rings is 1. The summed E-state index contributed by atoms with van der Waals surface area (Å²) in [4.78, 5) is 14.4. The first-order chi connectivity index (χ1) is 9.39. The monoisotopic (exact) mass is 282 g/mol. The number of nitrogens with two attached hydrogens (primary N) is 1.